The van der Waals surface area contributed by atoms with Gasteiger partial charge in [-0.1, -0.05) is 32.6 Å². The third-order valence-electron chi connectivity index (χ3n) is 2.88. The molecule has 1 aliphatic heterocycles. The third kappa shape index (κ3) is 5.30. The summed E-state index contributed by atoms with van der Waals surface area (Å²) in [5.74, 6) is 0. The first-order chi connectivity index (χ1) is 6.43. The first-order valence-corrected chi connectivity index (χ1v) is 5.97. The Morgan fingerprint density at radius 2 is 1.69 bits per heavy atom. The van der Waals surface area contributed by atoms with Crippen LogP contribution < -0.4 is 0 Å². The summed E-state index contributed by atoms with van der Waals surface area (Å²) < 4.78 is 0. The van der Waals surface area contributed by atoms with E-state index in [4.69, 9.17) is 0 Å². The van der Waals surface area contributed by atoms with Crippen LogP contribution in [0.25, 0.3) is 0 Å². The summed E-state index contributed by atoms with van der Waals surface area (Å²) in [6.45, 7) is 6.25. The van der Waals surface area contributed by atoms with Crippen molar-refractivity contribution in [3.05, 3.63) is 6.42 Å². The predicted octanol–water partition coefficient (Wildman–Crippen LogP) is 3.26. The highest BCUT2D eigenvalue weighted by molar-refractivity contribution is 4.76. The minimum Gasteiger partial charge on any atom is -0.303 e. The second kappa shape index (κ2) is 7.37. The quantitative estimate of drug-likeness (QED) is 0.570. The van der Waals surface area contributed by atoms with Crippen LogP contribution in [0.15, 0.2) is 0 Å². The smallest absolute Gasteiger partial charge is 0.00160 e. The van der Waals surface area contributed by atoms with E-state index in [9.17, 15) is 0 Å². The van der Waals surface area contributed by atoms with Crippen LogP contribution in [0.3, 0.4) is 0 Å². The maximum Gasteiger partial charge on any atom is -0.00160 e. The number of piperidine rings is 1. The fraction of sp³-hybridized carbons (Fsp3) is 0.917. The van der Waals surface area contributed by atoms with Gasteiger partial charge in [-0.15, -0.1) is 0 Å². The van der Waals surface area contributed by atoms with Gasteiger partial charge in [-0.2, -0.15) is 0 Å². The van der Waals surface area contributed by atoms with Gasteiger partial charge in [-0.3, -0.25) is 0 Å². The van der Waals surface area contributed by atoms with Crippen LogP contribution in [-0.4, -0.2) is 24.5 Å². The summed E-state index contributed by atoms with van der Waals surface area (Å²) in [6.07, 6.45) is 12.1. The van der Waals surface area contributed by atoms with Crippen molar-refractivity contribution in [3.8, 4) is 0 Å². The third-order valence-corrected chi connectivity index (χ3v) is 2.88. The minimum atomic E-state index is 1.31. The lowest BCUT2D eigenvalue weighted by Gasteiger charge is -2.26. The molecule has 0 unspecified atom stereocenters. The van der Waals surface area contributed by atoms with E-state index in [1.807, 2.05) is 0 Å². The number of unbranched alkanes of at least 4 members (excludes halogenated alkanes) is 4. The van der Waals surface area contributed by atoms with Gasteiger partial charge in [0.15, 0.2) is 0 Å². The van der Waals surface area contributed by atoms with E-state index in [2.05, 4.69) is 18.2 Å². The number of hydrogen-bond donors (Lipinski definition) is 0. The minimum absolute atomic E-state index is 1.31. The lowest BCUT2D eigenvalue weighted by atomic mass is 10.1. The van der Waals surface area contributed by atoms with Gasteiger partial charge < -0.3 is 4.90 Å². The summed E-state index contributed by atoms with van der Waals surface area (Å²) in [5.41, 5.74) is 0. The molecule has 0 spiro atoms. The Kier molecular flexibility index (Phi) is 6.26. The van der Waals surface area contributed by atoms with Crippen LogP contribution in [0.1, 0.15) is 51.9 Å². The van der Waals surface area contributed by atoms with Crippen LogP contribution in [0.2, 0.25) is 0 Å². The number of rotatable bonds is 6. The Bertz CT molecular complexity index is 106. The maximum absolute atomic E-state index is 2.62. The van der Waals surface area contributed by atoms with Gasteiger partial charge in [0, 0.05) is 0 Å². The first kappa shape index (κ1) is 11.0. The van der Waals surface area contributed by atoms with Crippen molar-refractivity contribution >= 4 is 0 Å². The fourth-order valence-electron chi connectivity index (χ4n) is 1.97. The second-order valence-electron chi connectivity index (χ2n) is 4.12. The molecule has 1 rings (SSSR count). The fourth-order valence-corrected chi connectivity index (χ4v) is 1.97. The summed E-state index contributed by atoms with van der Waals surface area (Å²) in [5, 5.41) is 0. The van der Waals surface area contributed by atoms with E-state index in [1.165, 1.54) is 64.6 Å². The van der Waals surface area contributed by atoms with Crippen molar-refractivity contribution in [3.63, 3.8) is 0 Å². The van der Waals surface area contributed by atoms with Gasteiger partial charge in [0.1, 0.15) is 0 Å². The molecule has 0 aromatic carbocycles. The highest BCUT2D eigenvalue weighted by Gasteiger charge is 2.08. The molecule has 13 heavy (non-hydrogen) atoms. The van der Waals surface area contributed by atoms with Crippen molar-refractivity contribution in [2.75, 3.05) is 19.6 Å². The Morgan fingerprint density at radius 3 is 2.38 bits per heavy atom. The molecule has 1 heterocycles. The first-order valence-electron chi connectivity index (χ1n) is 5.97. The summed E-state index contributed by atoms with van der Waals surface area (Å²) in [6, 6.07) is 0. The molecule has 1 aliphatic rings. The molecule has 1 fully saturated rings. The van der Waals surface area contributed by atoms with Crippen LogP contribution in [0.4, 0.5) is 0 Å². The molecule has 1 radical (unpaired) electrons. The van der Waals surface area contributed by atoms with Gasteiger partial charge in [-0.25, -0.2) is 0 Å². The molecule has 77 valence electrons. The zero-order chi connectivity index (χ0) is 9.36. The molecular weight excluding hydrogens is 158 g/mol. The van der Waals surface area contributed by atoms with Crippen LogP contribution in [0.5, 0.6) is 0 Å². The lowest BCUT2D eigenvalue weighted by Crippen LogP contribution is -2.30. The van der Waals surface area contributed by atoms with Crippen LogP contribution in [-0.2, 0) is 0 Å². The highest BCUT2D eigenvalue weighted by Crippen LogP contribution is 2.09. The van der Waals surface area contributed by atoms with E-state index >= 15 is 0 Å². The van der Waals surface area contributed by atoms with Crippen molar-refractivity contribution in [1.29, 1.82) is 0 Å². The normalized spacial score (nSPS) is 19.2. The molecule has 0 atom stereocenters. The van der Waals surface area contributed by atoms with Gasteiger partial charge in [0.25, 0.3) is 0 Å². The SMILES string of the molecule is CCCCCCCN1CC[CH]CC1. The predicted molar refractivity (Wildman–Crippen MR) is 58.7 cm³/mol. The zero-order valence-electron chi connectivity index (χ0n) is 9.10. The molecule has 0 N–H and O–H groups in total. The number of likely N-dealkylation sites (tertiary alicyclic amines) is 1. The second-order valence-corrected chi connectivity index (χ2v) is 4.12. The molecule has 0 saturated carbocycles. The topological polar surface area (TPSA) is 3.24 Å². The summed E-state index contributed by atoms with van der Waals surface area (Å²) in [7, 11) is 0. The zero-order valence-corrected chi connectivity index (χ0v) is 9.10. The average molecular weight is 182 g/mol. The van der Waals surface area contributed by atoms with Crippen molar-refractivity contribution in [2.24, 2.45) is 0 Å². The number of nitrogens with zero attached hydrogens (tertiary/aromatic N) is 1. The molecule has 1 heteroatoms. The molecule has 1 saturated heterocycles. The van der Waals surface area contributed by atoms with Gasteiger partial charge in [0.2, 0.25) is 0 Å². The van der Waals surface area contributed by atoms with Crippen molar-refractivity contribution < 1.29 is 0 Å². The van der Waals surface area contributed by atoms with E-state index in [-0.39, 0.29) is 0 Å². The average Bonchev–Trinajstić information content (AvgIpc) is 2.19. The van der Waals surface area contributed by atoms with Gasteiger partial charge >= 0.3 is 0 Å². The van der Waals surface area contributed by atoms with Crippen LogP contribution in [0, 0.1) is 6.42 Å². The Balaban J connectivity index is 1.86. The maximum atomic E-state index is 2.62. The molecule has 0 bridgehead atoms. The van der Waals surface area contributed by atoms with E-state index in [1.54, 1.807) is 0 Å². The van der Waals surface area contributed by atoms with Crippen molar-refractivity contribution in [1.82, 2.24) is 4.90 Å². The molecule has 1 nitrogen and oxygen atoms in total. The Labute approximate surface area is 83.5 Å². The van der Waals surface area contributed by atoms with Crippen LogP contribution >= 0.6 is 0 Å². The molecule has 0 aromatic heterocycles. The standard InChI is InChI=1S/C12H24N/c1-2-3-4-5-7-10-13-11-8-6-9-12-13/h6H,2-5,7-12H2,1H3. The molecule has 0 aromatic rings. The lowest BCUT2D eigenvalue weighted by molar-refractivity contribution is 0.248. The largest absolute Gasteiger partial charge is 0.303 e. The highest BCUT2D eigenvalue weighted by atomic mass is 15.1. The molecular formula is C12H24N. The van der Waals surface area contributed by atoms with Gasteiger partial charge in [0.05, 0.1) is 0 Å². The monoisotopic (exact) mass is 182 g/mol. The molecule has 0 aliphatic carbocycles. The van der Waals surface area contributed by atoms with Gasteiger partial charge in [-0.05, 0) is 45.3 Å². The van der Waals surface area contributed by atoms with E-state index in [0.717, 1.165) is 0 Å². The molecule has 0 amide bonds. The van der Waals surface area contributed by atoms with E-state index < -0.39 is 0 Å². The number of hydrogen-bond acceptors (Lipinski definition) is 1. The Morgan fingerprint density at radius 1 is 1.00 bits per heavy atom. The summed E-state index contributed by atoms with van der Waals surface area (Å²) in [4.78, 5) is 2.62. The van der Waals surface area contributed by atoms with E-state index in [0.29, 0.717) is 0 Å². The van der Waals surface area contributed by atoms with Crippen molar-refractivity contribution in [2.45, 2.75) is 51.9 Å². The summed E-state index contributed by atoms with van der Waals surface area (Å²) >= 11 is 0. The Hall–Kier alpha value is -0.0400.